The summed E-state index contributed by atoms with van der Waals surface area (Å²) in [5.74, 6) is -1.43. The van der Waals surface area contributed by atoms with Gasteiger partial charge in [0.25, 0.3) is 0 Å². The summed E-state index contributed by atoms with van der Waals surface area (Å²) in [7, 11) is 0. The maximum absolute atomic E-state index is 12.5. The van der Waals surface area contributed by atoms with Crippen molar-refractivity contribution in [2.24, 2.45) is 5.92 Å². The summed E-state index contributed by atoms with van der Waals surface area (Å²) in [6.07, 6.45) is -1.22. The van der Waals surface area contributed by atoms with Crippen LogP contribution >= 0.6 is 0 Å². The lowest BCUT2D eigenvalue weighted by Crippen LogP contribution is -2.42. The molecular weight excluding hydrogens is 285 g/mol. The van der Waals surface area contributed by atoms with Gasteiger partial charge in [-0.05, 0) is 51.6 Å². The third kappa shape index (κ3) is 5.47. The van der Waals surface area contributed by atoms with Crippen LogP contribution in [0.1, 0.15) is 38.5 Å². The number of ether oxygens (including phenoxy) is 1. The van der Waals surface area contributed by atoms with Gasteiger partial charge in [-0.1, -0.05) is 0 Å². The molecule has 0 bridgehead atoms. The van der Waals surface area contributed by atoms with Gasteiger partial charge in [-0.3, -0.25) is 4.79 Å². The molecule has 1 aliphatic heterocycles. The van der Waals surface area contributed by atoms with Crippen molar-refractivity contribution in [2.45, 2.75) is 56.8 Å². The number of halogens is 3. The predicted octanol–water partition coefficient (Wildman–Crippen LogP) is 1.99. The summed E-state index contributed by atoms with van der Waals surface area (Å²) >= 11 is 0. The predicted molar refractivity (Wildman–Crippen MR) is 71.8 cm³/mol. The van der Waals surface area contributed by atoms with Crippen LogP contribution in [0.2, 0.25) is 0 Å². The van der Waals surface area contributed by atoms with Gasteiger partial charge in [0.05, 0.1) is 12.0 Å². The molecular formula is C14H23F3N2O2. The van der Waals surface area contributed by atoms with E-state index in [1.165, 1.54) is 0 Å². The Morgan fingerprint density at radius 1 is 1.10 bits per heavy atom. The van der Waals surface area contributed by atoms with Gasteiger partial charge in [0, 0.05) is 6.04 Å². The van der Waals surface area contributed by atoms with Crippen molar-refractivity contribution in [3.8, 4) is 0 Å². The quantitative estimate of drug-likeness (QED) is 0.835. The maximum atomic E-state index is 12.5. The van der Waals surface area contributed by atoms with E-state index >= 15 is 0 Å². The van der Waals surface area contributed by atoms with Gasteiger partial charge in [-0.2, -0.15) is 13.2 Å². The molecule has 0 aromatic carbocycles. The Morgan fingerprint density at radius 3 is 2.29 bits per heavy atom. The number of rotatable bonds is 4. The molecule has 1 heterocycles. The van der Waals surface area contributed by atoms with E-state index in [1.807, 2.05) is 0 Å². The Balaban J connectivity index is 1.62. The Morgan fingerprint density at radius 2 is 1.71 bits per heavy atom. The Hall–Kier alpha value is -0.820. The minimum Gasteiger partial charge on any atom is -0.368 e. The van der Waals surface area contributed by atoms with Gasteiger partial charge in [0.1, 0.15) is 6.61 Å². The fourth-order valence-corrected chi connectivity index (χ4v) is 2.99. The number of hydrogen-bond acceptors (Lipinski definition) is 3. The molecule has 4 nitrogen and oxygen atoms in total. The highest BCUT2D eigenvalue weighted by atomic mass is 19.4. The Bertz CT molecular complexity index is 336. The fraction of sp³-hybridized carbons (Fsp3) is 0.929. The van der Waals surface area contributed by atoms with Crippen LogP contribution in [0, 0.1) is 5.92 Å². The lowest BCUT2D eigenvalue weighted by atomic mass is 9.85. The number of piperidine rings is 1. The number of nitrogens with one attached hydrogen (secondary N) is 2. The molecule has 2 aliphatic rings. The zero-order valence-corrected chi connectivity index (χ0v) is 12.0. The van der Waals surface area contributed by atoms with Crippen molar-refractivity contribution in [1.29, 1.82) is 0 Å². The molecule has 7 heteroatoms. The highest BCUT2D eigenvalue weighted by Crippen LogP contribution is 2.37. The molecule has 0 radical (unpaired) electrons. The molecule has 1 aliphatic carbocycles. The molecule has 0 aromatic heterocycles. The van der Waals surface area contributed by atoms with E-state index in [0.29, 0.717) is 12.8 Å². The number of amides is 1. The van der Waals surface area contributed by atoms with Crippen LogP contribution in [0.4, 0.5) is 13.2 Å². The molecule has 1 saturated carbocycles. The minimum atomic E-state index is -4.10. The second kappa shape index (κ2) is 7.45. The zero-order chi connectivity index (χ0) is 15.3. The number of hydrogen-bond donors (Lipinski definition) is 2. The first-order valence-electron chi connectivity index (χ1n) is 7.63. The van der Waals surface area contributed by atoms with E-state index in [1.54, 1.807) is 0 Å². The minimum absolute atomic E-state index is 0.00384. The second-order valence-corrected chi connectivity index (χ2v) is 5.92. The molecule has 0 spiro atoms. The average Bonchev–Trinajstić information content (AvgIpc) is 2.46. The van der Waals surface area contributed by atoms with Gasteiger partial charge in [-0.25, -0.2) is 0 Å². The molecule has 21 heavy (non-hydrogen) atoms. The lowest BCUT2D eigenvalue weighted by molar-refractivity contribution is -0.182. The highest BCUT2D eigenvalue weighted by molar-refractivity contribution is 5.77. The van der Waals surface area contributed by atoms with Crippen molar-refractivity contribution in [1.82, 2.24) is 10.6 Å². The van der Waals surface area contributed by atoms with Crippen LogP contribution in [0.15, 0.2) is 0 Å². The van der Waals surface area contributed by atoms with Gasteiger partial charge in [-0.15, -0.1) is 0 Å². The third-order valence-electron chi connectivity index (χ3n) is 4.29. The van der Waals surface area contributed by atoms with Crippen LogP contribution in [0.5, 0.6) is 0 Å². The summed E-state index contributed by atoms with van der Waals surface area (Å²) in [6, 6.07) is -0.146. The molecule has 2 fully saturated rings. The van der Waals surface area contributed by atoms with E-state index in [-0.39, 0.29) is 37.5 Å². The number of carbonyl (C=O) groups is 1. The molecule has 1 amide bonds. The van der Waals surface area contributed by atoms with Gasteiger partial charge in [0.15, 0.2) is 0 Å². The Kier molecular flexibility index (Phi) is 5.87. The summed E-state index contributed by atoms with van der Waals surface area (Å²) in [4.78, 5) is 11.8. The van der Waals surface area contributed by atoms with E-state index < -0.39 is 12.1 Å². The maximum Gasteiger partial charge on any atom is 0.391 e. The van der Waals surface area contributed by atoms with E-state index in [0.717, 1.165) is 25.9 Å². The van der Waals surface area contributed by atoms with Crippen LogP contribution < -0.4 is 10.6 Å². The monoisotopic (exact) mass is 308 g/mol. The van der Waals surface area contributed by atoms with Crippen LogP contribution in [-0.2, 0) is 9.53 Å². The summed E-state index contributed by atoms with van der Waals surface area (Å²) < 4.78 is 43.2. The SMILES string of the molecule is O=C(COC1CCNCC1)NC1CCC(C(F)(F)F)CC1. The van der Waals surface area contributed by atoms with Crippen LogP contribution in [0.25, 0.3) is 0 Å². The lowest BCUT2D eigenvalue weighted by Gasteiger charge is -2.30. The topological polar surface area (TPSA) is 50.4 Å². The first-order chi connectivity index (χ1) is 9.95. The van der Waals surface area contributed by atoms with Crippen molar-refractivity contribution < 1.29 is 22.7 Å². The zero-order valence-electron chi connectivity index (χ0n) is 12.0. The normalized spacial score (nSPS) is 28.3. The van der Waals surface area contributed by atoms with E-state index in [9.17, 15) is 18.0 Å². The highest BCUT2D eigenvalue weighted by Gasteiger charge is 2.41. The van der Waals surface area contributed by atoms with Crippen LogP contribution in [-0.4, -0.2) is 43.9 Å². The summed E-state index contributed by atoms with van der Waals surface area (Å²) in [6.45, 7) is 1.80. The smallest absolute Gasteiger partial charge is 0.368 e. The molecule has 0 atom stereocenters. The summed E-state index contributed by atoms with van der Waals surface area (Å²) in [5.41, 5.74) is 0. The molecule has 0 unspecified atom stereocenters. The van der Waals surface area contributed by atoms with Crippen molar-refractivity contribution in [2.75, 3.05) is 19.7 Å². The molecule has 1 saturated heterocycles. The van der Waals surface area contributed by atoms with Crippen LogP contribution in [0.3, 0.4) is 0 Å². The molecule has 2 N–H and O–H groups in total. The molecule has 122 valence electrons. The van der Waals surface area contributed by atoms with Gasteiger partial charge in [0.2, 0.25) is 5.91 Å². The second-order valence-electron chi connectivity index (χ2n) is 5.92. The average molecular weight is 308 g/mol. The summed E-state index contributed by atoms with van der Waals surface area (Å²) in [5, 5.41) is 6.00. The van der Waals surface area contributed by atoms with E-state index in [4.69, 9.17) is 4.74 Å². The molecule has 2 rings (SSSR count). The Labute approximate surface area is 122 Å². The number of alkyl halides is 3. The van der Waals surface area contributed by atoms with Crippen molar-refractivity contribution >= 4 is 5.91 Å². The molecule has 0 aromatic rings. The van der Waals surface area contributed by atoms with Crippen molar-refractivity contribution in [3.05, 3.63) is 0 Å². The van der Waals surface area contributed by atoms with Gasteiger partial charge >= 0.3 is 6.18 Å². The number of carbonyl (C=O) groups excluding carboxylic acids is 1. The van der Waals surface area contributed by atoms with Crippen molar-refractivity contribution in [3.63, 3.8) is 0 Å². The first kappa shape index (κ1) is 16.5. The van der Waals surface area contributed by atoms with Gasteiger partial charge < -0.3 is 15.4 Å². The fourth-order valence-electron chi connectivity index (χ4n) is 2.99. The third-order valence-corrected chi connectivity index (χ3v) is 4.29. The largest absolute Gasteiger partial charge is 0.391 e. The standard InChI is InChI=1S/C14H23F3N2O2/c15-14(16,17)10-1-3-11(4-2-10)19-13(20)9-21-12-5-7-18-8-6-12/h10-12,18H,1-9H2,(H,19,20). The first-order valence-corrected chi connectivity index (χ1v) is 7.63. The van der Waals surface area contributed by atoms with E-state index in [2.05, 4.69) is 10.6 Å².